The summed E-state index contributed by atoms with van der Waals surface area (Å²) in [6.45, 7) is 0. The zero-order chi connectivity index (χ0) is 13.5. The van der Waals surface area contributed by atoms with Gasteiger partial charge in [-0.3, -0.25) is 4.79 Å². The molecule has 1 N–H and O–H groups in total. The first kappa shape index (κ1) is 11.4. The molecule has 2 aromatic carbocycles. The first-order chi connectivity index (χ1) is 9.83. The first-order valence-electron chi connectivity index (χ1n) is 6.30. The van der Waals surface area contributed by atoms with Crippen LogP contribution in [0.2, 0.25) is 0 Å². The molecule has 96 valence electrons. The minimum atomic E-state index is -0.0589. The molecule has 0 amide bonds. The number of nitrogens with zero attached hydrogens (tertiary/aromatic N) is 1. The molecule has 0 saturated carbocycles. The van der Waals surface area contributed by atoms with Gasteiger partial charge >= 0.3 is 0 Å². The van der Waals surface area contributed by atoms with E-state index in [1.165, 1.54) is 11.3 Å². The Morgan fingerprint density at radius 1 is 0.900 bits per heavy atom. The predicted molar refractivity (Wildman–Crippen MR) is 83.2 cm³/mol. The van der Waals surface area contributed by atoms with Gasteiger partial charge in [-0.05, 0) is 6.07 Å². The number of thiazole rings is 1. The van der Waals surface area contributed by atoms with Gasteiger partial charge in [0.1, 0.15) is 15.4 Å². The SMILES string of the molecule is O=c1[nH]c2sc(-c3ccccc3)nc2c2ccccc12. The minimum absolute atomic E-state index is 0.0589. The predicted octanol–water partition coefficient (Wildman–Crippen LogP) is 3.80. The fourth-order valence-corrected chi connectivity index (χ4v) is 3.33. The van der Waals surface area contributed by atoms with Crippen LogP contribution in [-0.4, -0.2) is 9.97 Å². The second kappa shape index (κ2) is 4.28. The molecule has 0 atom stereocenters. The number of H-pyrrole nitrogens is 1. The number of rotatable bonds is 1. The lowest BCUT2D eigenvalue weighted by molar-refractivity contribution is 1.35. The molecule has 0 saturated heterocycles. The highest BCUT2D eigenvalue weighted by atomic mass is 32.1. The Morgan fingerprint density at radius 2 is 1.60 bits per heavy atom. The van der Waals surface area contributed by atoms with Crippen molar-refractivity contribution in [3.63, 3.8) is 0 Å². The third-order valence-corrected chi connectivity index (χ3v) is 4.32. The van der Waals surface area contributed by atoms with Crippen LogP contribution in [-0.2, 0) is 0 Å². The highest BCUT2D eigenvalue weighted by Gasteiger charge is 2.11. The van der Waals surface area contributed by atoms with E-state index in [4.69, 9.17) is 4.98 Å². The average molecular weight is 278 g/mol. The fourth-order valence-electron chi connectivity index (χ4n) is 2.35. The molecule has 3 nitrogen and oxygen atoms in total. The van der Waals surface area contributed by atoms with E-state index in [0.717, 1.165) is 26.3 Å². The van der Waals surface area contributed by atoms with Crippen LogP contribution in [0.1, 0.15) is 0 Å². The van der Waals surface area contributed by atoms with E-state index in [2.05, 4.69) is 4.98 Å². The number of fused-ring (bicyclic) bond motifs is 3. The van der Waals surface area contributed by atoms with Gasteiger partial charge in [0.15, 0.2) is 0 Å². The maximum Gasteiger partial charge on any atom is 0.257 e. The number of nitrogens with one attached hydrogen (secondary N) is 1. The van der Waals surface area contributed by atoms with Crippen molar-refractivity contribution < 1.29 is 0 Å². The monoisotopic (exact) mass is 278 g/mol. The molecule has 0 bridgehead atoms. The molecule has 2 aromatic heterocycles. The molecule has 0 radical (unpaired) electrons. The third-order valence-electron chi connectivity index (χ3n) is 3.30. The van der Waals surface area contributed by atoms with E-state index in [1.54, 1.807) is 0 Å². The van der Waals surface area contributed by atoms with Crippen molar-refractivity contribution in [3.8, 4) is 10.6 Å². The lowest BCUT2D eigenvalue weighted by Crippen LogP contribution is -2.04. The molecule has 0 unspecified atom stereocenters. The summed E-state index contributed by atoms with van der Waals surface area (Å²) in [5.41, 5.74) is 1.87. The molecule has 0 aliphatic rings. The van der Waals surface area contributed by atoms with Gasteiger partial charge < -0.3 is 4.98 Å². The van der Waals surface area contributed by atoms with Crippen molar-refractivity contribution >= 4 is 32.5 Å². The van der Waals surface area contributed by atoms with Crippen molar-refractivity contribution in [1.29, 1.82) is 0 Å². The molecule has 0 spiro atoms. The van der Waals surface area contributed by atoms with Crippen molar-refractivity contribution in [2.45, 2.75) is 0 Å². The van der Waals surface area contributed by atoms with Crippen molar-refractivity contribution in [3.05, 3.63) is 65.0 Å². The van der Waals surface area contributed by atoms with Crippen LogP contribution in [0.3, 0.4) is 0 Å². The summed E-state index contributed by atoms with van der Waals surface area (Å²) >= 11 is 1.51. The van der Waals surface area contributed by atoms with Crippen molar-refractivity contribution in [2.24, 2.45) is 0 Å². The van der Waals surface area contributed by atoms with Crippen molar-refractivity contribution in [2.75, 3.05) is 0 Å². The fraction of sp³-hybridized carbons (Fsp3) is 0. The third kappa shape index (κ3) is 1.66. The summed E-state index contributed by atoms with van der Waals surface area (Å²) in [6, 6.07) is 17.6. The maximum atomic E-state index is 12.1. The van der Waals surface area contributed by atoms with Gasteiger partial charge in [-0.15, -0.1) is 0 Å². The van der Waals surface area contributed by atoms with E-state index in [1.807, 2.05) is 54.6 Å². The summed E-state index contributed by atoms with van der Waals surface area (Å²) in [7, 11) is 0. The van der Waals surface area contributed by atoms with Gasteiger partial charge in [0.25, 0.3) is 5.56 Å². The first-order valence-corrected chi connectivity index (χ1v) is 7.11. The topological polar surface area (TPSA) is 45.8 Å². The zero-order valence-corrected chi connectivity index (χ0v) is 11.3. The van der Waals surface area contributed by atoms with Gasteiger partial charge in [-0.2, -0.15) is 0 Å². The van der Waals surface area contributed by atoms with Gasteiger partial charge in [-0.1, -0.05) is 59.9 Å². The minimum Gasteiger partial charge on any atom is -0.312 e. The van der Waals surface area contributed by atoms with E-state index in [0.29, 0.717) is 5.39 Å². The molecule has 4 heteroatoms. The van der Waals surface area contributed by atoms with Gasteiger partial charge in [0.2, 0.25) is 0 Å². The number of hydrogen-bond donors (Lipinski definition) is 1. The van der Waals surface area contributed by atoms with E-state index in [9.17, 15) is 4.79 Å². The molecule has 4 aromatic rings. The highest BCUT2D eigenvalue weighted by molar-refractivity contribution is 7.21. The van der Waals surface area contributed by atoms with Crippen LogP contribution >= 0.6 is 11.3 Å². The summed E-state index contributed by atoms with van der Waals surface area (Å²) in [6.07, 6.45) is 0. The molecule has 2 heterocycles. The van der Waals surface area contributed by atoms with Crippen LogP contribution in [0.15, 0.2) is 59.4 Å². The average Bonchev–Trinajstić information content (AvgIpc) is 2.93. The molecular formula is C16H10N2OS. The van der Waals surface area contributed by atoms with Crippen LogP contribution in [0, 0.1) is 0 Å². The van der Waals surface area contributed by atoms with Gasteiger partial charge in [-0.25, -0.2) is 4.98 Å². The Kier molecular flexibility index (Phi) is 2.44. The Labute approximate surface area is 118 Å². The second-order valence-corrected chi connectivity index (χ2v) is 5.56. The number of aromatic nitrogens is 2. The molecule has 20 heavy (non-hydrogen) atoms. The van der Waals surface area contributed by atoms with Crippen LogP contribution in [0.25, 0.3) is 31.7 Å². The highest BCUT2D eigenvalue weighted by Crippen LogP contribution is 2.31. The standard InChI is InChI=1S/C16H10N2OS/c19-14-12-9-5-4-8-11(12)13-16(18-14)20-15(17-13)10-6-2-1-3-7-10/h1-9H,(H,18,19). The summed E-state index contributed by atoms with van der Waals surface area (Å²) in [5.74, 6) is 0. The van der Waals surface area contributed by atoms with Crippen LogP contribution in [0.5, 0.6) is 0 Å². The summed E-state index contributed by atoms with van der Waals surface area (Å²) < 4.78 is 0. The van der Waals surface area contributed by atoms with Gasteiger partial charge in [0.05, 0.1) is 0 Å². The normalized spacial score (nSPS) is 11.2. The van der Waals surface area contributed by atoms with E-state index < -0.39 is 0 Å². The number of pyridine rings is 1. The zero-order valence-electron chi connectivity index (χ0n) is 10.5. The smallest absolute Gasteiger partial charge is 0.257 e. The quantitative estimate of drug-likeness (QED) is 0.575. The lowest BCUT2D eigenvalue weighted by Gasteiger charge is -1.96. The molecule has 0 aliphatic heterocycles. The number of aromatic amines is 1. The number of benzene rings is 2. The Hall–Kier alpha value is -2.46. The second-order valence-electron chi connectivity index (χ2n) is 4.56. The largest absolute Gasteiger partial charge is 0.312 e. The van der Waals surface area contributed by atoms with E-state index in [-0.39, 0.29) is 5.56 Å². The van der Waals surface area contributed by atoms with E-state index >= 15 is 0 Å². The Balaban J connectivity index is 2.10. The molecular weight excluding hydrogens is 268 g/mol. The lowest BCUT2D eigenvalue weighted by atomic mass is 10.1. The number of hydrogen-bond acceptors (Lipinski definition) is 3. The molecule has 0 fully saturated rings. The van der Waals surface area contributed by atoms with Crippen LogP contribution in [0.4, 0.5) is 0 Å². The maximum absolute atomic E-state index is 12.1. The van der Waals surface area contributed by atoms with Crippen molar-refractivity contribution in [1.82, 2.24) is 9.97 Å². The molecule has 4 rings (SSSR count). The van der Waals surface area contributed by atoms with Crippen LogP contribution < -0.4 is 5.56 Å². The van der Waals surface area contributed by atoms with Gasteiger partial charge in [0, 0.05) is 16.3 Å². The Morgan fingerprint density at radius 3 is 2.40 bits per heavy atom. The summed E-state index contributed by atoms with van der Waals surface area (Å²) in [4.78, 5) is 20.5. The molecule has 0 aliphatic carbocycles. The Bertz CT molecular complexity index is 970. The summed E-state index contributed by atoms with van der Waals surface area (Å²) in [5, 5.41) is 2.52.